The number of rotatable bonds is 2. The molecule has 1 aliphatic rings. The van der Waals surface area contributed by atoms with E-state index < -0.39 is 12.3 Å². The van der Waals surface area contributed by atoms with Crippen molar-refractivity contribution in [1.82, 2.24) is 10.2 Å². The van der Waals surface area contributed by atoms with Crippen LogP contribution in [-0.2, 0) is 0 Å². The first-order valence-corrected chi connectivity index (χ1v) is 5.93. The molecule has 0 amide bonds. The molecular formula is C11H8BrFN2O2. The number of alkyl halides is 1. The summed E-state index contributed by atoms with van der Waals surface area (Å²) in [6.45, 7) is 0. The van der Waals surface area contributed by atoms with Crippen LogP contribution in [0.4, 0.5) is 4.39 Å². The zero-order chi connectivity index (χ0) is 12.0. The minimum atomic E-state index is -0.925. The van der Waals surface area contributed by atoms with E-state index in [0.29, 0.717) is 17.2 Å². The molecule has 0 radical (unpaired) electrons. The number of aromatic nitrogens is 2. The van der Waals surface area contributed by atoms with Crippen LogP contribution in [0.1, 0.15) is 6.42 Å². The minimum Gasteiger partial charge on any atom is -0.470 e. The van der Waals surface area contributed by atoms with Crippen LogP contribution in [-0.4, -0.2) is 22.5 Å². The summed E-state index contributed by atoms with van der Waals surface area (Å²) in [5.41, 5.74) is -0.285. The summed E-state index contributed by atoms with van der Waals surface area (Å²) in [6.07, 6.45) is -0.974. The average Bonchev–Trinajstić information content (AvgIpc) is 2.98. The van der Waals surface area contributed by atoms with E-state index >= 15 is 0 Å². The van der Waals surface area contributed by atoms with Crippen molar-refractivity contribution >= 4 is 26.7 Å². The molecule has 0 unspecified atom stereocenters. The Morgan fingerprint density at radius 1 is 1.47 bits per heavy atom. The standard InChI is InChI=1S/C11H8BrFN2O2/c12-5-1-2-6-7(3-5)11(15-14-10(6)16)17-9-4-8(9)13/h1-3,8-9H,4H2,(H,14,16)/t8-,9+/m1/s1. The molecule has 1 fully saturated rings. The Balaban J connectivity index is 2.14. The van der Waals surface area contributed by atoms with Crippen LogP contribution in [0, 0.1) is 0 Å². The molecule has 6 heteroatoms. The highest BCUT2D eigenvalue weighted by molar-refractivity contribution is 9.10. The van der Waals surface area contributed by atoms with E-state index in [9.17, 15) is 9.18 Å². The Labute approximate surface area is 104 Å². The third-order valence-electron chi connectivity index (χ3n) is 2.64. The molecule has 1 aliphatic carbocycles. The van der Waals surface area contributed by atoms with Crippen LogP contribution in [0.25, 0.3) is 10.8 Å². The van der Waals surface area contributed by atoms with Crippen molar-refractivity contribution in [1.29, 1.82) is 0 Å². The maximum Gasteiger partial charge on any atom is 0.272 e. The summed E-state index contributed by atoms with van der Waals surface area (Å²) in [5, 5.41) is 7.22. The quantitative estimate of drug-likeness (QED) is 0.924. The molecular weight excluding hydrogens is 291 g/mol. The van der Waals surface area contributed by atoms with Crippen molar-refractivity contribution in [3.8, 4) is 5.88 Å². The predicted molar refractivity (Wildman–Crippen MR) is 64.0 cm³/mol. The smallest absolute Gasteiger partial charge is 0.272 e. The van der Waals surface area contributed by atoms with Gasteiger partial charge in [-0.05, 0) is 18.2 Å². The second-order valence-electron chi connectivity index (χ2n) is 3.96. The summed E-state index contributed by atoms with van der Waals surface area (Å²) in [7, 11) is 0. The summed E-state index contributed by atoms with van der Waals surface area (Å²) in [5.74, 6) is 0.269. The molecule has 1 saturated carbocycles. The molecule has 1 aromatic carbocycles. The van der Waals surface area contributed by atoms with Crippen molar-refractivity contribution in [2.75, 3.05) is 0 Å². The first kappa shape index (κ1) is 10.7. The maximum absolute atomic E-state index is 12.8. The van der Waals surface area contributed by atoms with Crippen molar-refractivity contribution in [3.63, 3.8) is 0 Å². The number of nitrogens with zero attached hydrogens (tertiary/aromatic N) is 1. The zero-order valence-electron chi connectivity index (χ0n) is 8.61. The Kier molecular flexibility index (Phi) is 2.39. The third kappa shape index (κ3) is 1.93. The number of ether oxygens (including phenoxy) is 1. The van der Waals surface area contributed by atoms with Gasteiger partial charge in [0.05, 0.1) is 10.8 Å². The zero-order valence-corrected chi connectivity index (χ0v) is 10.2. The highest BCUT2D eigenvalue weighted by Gasteiger charge is 2.40. The molecule has 1 aromatic heterocycles. The number of aromatic amines is 1. The fourth-order valence-electron chi connectivity index (χ4n) is 1.61. The van der Waals surface area contributed by atoms with Gasteiger partial charge in [-0.25, -0.2) is 9.49 Å². The fourth-order valence-corrected chi connectivity index (χ4v) is 1.97. The van der Waals surface area contributed by atoms with Crippen LogP contribution in [0.2, 0.25) is 0 Å². The molecule has 4 nitrogen and oxygen atoms in total. The van der Waals surface area contributed by atoms with Crippen molar-refractivity contribution in [3.05, 3.63) is 33.0 Å². The number of H-pyrrole nitrogens is 1. The summed E-state index contributed by atoms with van der Waals surface area (Å²) < 4.78 is 19.0. The van der Waals surface area contributed by atoms with Gasteiger partial charge in [-0.2, -0.15) is 0 Å². The number of fused-ring (bicyclic) bond motifs is 1. The SMILES string of the molecule is O=c1[nH]nc(O[C@H]2C[C@H]2F)c2cc(Br)ccc12. The predicted octanol–water partition coefficient (Wildman–Crippen LogP) is 2.17. The highest BCUT2D eigenvalue weighted by Crippen LogP contribution is 2.32. The molecule has 0 aliphatic heterocycles. The van der Waals surface area contributed by atoms with Gasteiger partial charge in [0.15, 0.2) is 0 Å². The fraction of sp³-hybridized carbons (Fsp3) is 0.273. The molecule has 88 valence electrons. The summed E-state index contributed by atoms with van der Waals surface area (Å²) >= 11 is 3.32. The lowest BCUT2D eigenvalue weighted by molar-refractivity contribution is 0.252. The third-order valence-corrected chi connectivity index (χ3v) is 3.13. The summed E-state index contributed by atoms with van der Waals surface area (Å²) in [6, 6.07) is 5.17. The first-order chi connectivity index (χ1) is 8.15. The Bertz CT molecular complexity index is 643. The molecule has 0 spiro atoms. The molecule has 1 N–H and O–H groups in total. The van der Waals surface area contributed by atoms with E-state index in [1.54, 1.807) is 18.2 Å². The second kappa shape index (κ2) is 3.80. The van der Waals surface area contributed by atoms with Gasteiger partial charge in [0.25, 0.3) is 5.56 Å². The van der Waals surface area contributed by atoms with Gasteiger partial charge in [-0.15, -0.1) is 5.10 Å². The van der Waals surface area contributed by atoms with Gasteiger partial charge in [0, 0.05) is 10.9 Å². The number of hydrogen-bond donors (Lipinski definition) is 1. The lowest BCUT2D eigenvalue weighted by atomic mass is 10.2. The number of nitrogens with one attached hydrogen (secondary N) is 1. The van der Waals surface area contributed by atoms with Gasteiger partial charge in [-0.1, -0.05) is 15.9 Å². The van der Waals surface area contributed by atoms with E-state index in [-0.39, 0.29) is 11.4 Å². The second-order valence-corrected chi connectivity index (χ2v) is 4.87. The largest absolute Gasteiger partial charge is 0.470 e. The van der Waals surface area contributed by atoms with Gasteiger partial charge in [0.1, 0.15) is 12.3 Å². The van der Waals surface area contributed by atoms with Crippen molar-refractivity contribution in [2.45, 2.75) is 18.7 Å². The van der Waals surface area contributed by atoms with E-state index in [1.807, 2.05) is 0 Å². The van der Waals surface area contributed by atoms with Crippen LogP contribution in [0.3, 0.4) is 0 Å². The average molecular weight is 299 g/mol. The minimum absolute atomic E-state index is 0.269. The Morgan fingerprint density at radius 3 is 2.94 bits per heavy atom. The van der Waals surface area contributed by atoms with Gasteiger partial charge < -0.3 is 4.74 Å². The van der Waals surface area contributed by atoms with Gasteiger partial charge in [0.2, 0.25) is 5.88 Å². The van der Waals surface area contributed by atoms with Crippen LogP contribution >= 0.6 is 15.9 Å². The van der Waals surface area contributed by atoms with E-state index in [4.69, 9.17) is 4.74 Å². The summed E-state index contributed by atoms with van der Waals surface area (Å²) in [4.78, 5) is 11.5. The Hall–Kier alpha value is -1.43. The van der Waals surface area contributed by atoms with Gasteiger partial charge >= 0.3 is 0 Å². The molecule has 1 heterocycles. The Morgan fingerprint density at radius 2 is 2.24 bits per heavy atom. The highest BCUT2D eigenvalue weighted by atomic mass is 79.9. The lowest BCUT2D eigenvalue weighted by Crippen LogP contribution is -2.12. The van der Waals surface area contributed by atoms with Gasteiger partial charge in [-0.3, -0.25) is 4.79 Å². The van der Waals surface area contributed by atoms with Crippen molar-refractivity contribution in [2.24, 2.45) is 0 Å². The van der Waals surface area contributed by atoms with Crippen molar-refractivity contribution < 1.29 is 9.13 Å². The lowest BCUT2D eigenvalue weighted by Gasteiger charge is -2.06. The van der Waals surface area contributed by atoms with Crippen LogP contribution in [0.15, 0.2) is 27.5 Å². The molecule has 0 saturated heterocycles. The van der Waals surface area contributed by atoms with E-state index in [0.717, 1.165) is 4.47 Å². The molecule has 2 aromatic rings. The monoisotopic (exact) mass is 298 g/mol. The normalized spacial score (nSPS) is 22.7. The number of benzene rings is 1. The van der Waals surface area contributed by atoms with Crippen LogP contribution in [0.5, 0.6) is 5.88 Å². The first-order valence-electron chi connectivity index (χ1n) is 5.14. The molecule has 3 rings (SSSR count). The molecule has 17 heavy (non-hydrogen) atoms. The number of hydrogen-bond acceptors (Lipinski definition) is 3. The number of halogens is 2. The topological polar surface area (TPSA) is 55.0 Å². The van der Waals surface area contributed by atoms with E-state index in [1.165, 1.54) is 0 Å². The van der Waals surface area contributed by atoms with Crippen LogP contribution < -0.4 is 10.3 Å². The molecule has 2 atom stereocenters. The van der Waals surface area contributed by atoms with E-state index in [2.05, 4.69) is 26.1 Å². The molecule has 0 bridgehead atoms. The maximum atomic E-state index is 12.8.